The van der Waals surface area contributed by atoms with Gasteiger partial charge in [-0.1, -0.05) is 0 Å². The zero-order valence-corrected chi connectivity index (χ0v) is 26.8. The van der Waals surface area contributed by atoms with Crippen molar-refractivity contribution in [1.82, 2.24) is 19.1 Å². The van der Waals surface area contributed by atoms with Gasteiger partial charge in [-0.05, 0) is 64.0 Å². The van der Waals surface area contributed by atoms with Crippen molar-refractivity contribution in [3.63, 3.8) is 0 Å². The monoisotopic (exact) mass is 660 g/mol. The molecule has 4 rings (SSSR count). The summed E-state index contributed by atoms with van der Waals surface area (Å²) in [7, 11) is 1.18. The maximum atomic E-state index is 13.8. The fourth-order valence-electron chi connectivity index (χ4n) is 5.26. The zero-order valence-electron chi connectivity index (χ0n) is 26.0. The molecule has 0 radical (unpaired) electrons. The summed E-state index contributed by atoms with van der Waals surface area (Å²) < 4.78 is 89.3. The lowest BCUT2D eigenvalue weighted by Crippen LogP contribution is -2.53. The van der Waals surface area contributed by atoms with E-state index < -0.39 is 33.7 Å². The third-order valence-electron chi connectivity index (χ3n) is 7.80. The molecular formula is C29H39F3N4O8S. The summed E-state index contributed by atoms with van der Waals surface area (Å²) in [5.41, 5.74) is -0.560. The van der Waals surface area contributed by atoms with Gasteiger partial charge in [0.1, 0.15) is 17.6 Å². The van der Waals surface area contributed by atoms with Crippen molar-refractivity contribution in [2.45, 2.75) is 68.8 Å². The van der Waals surface area contributed by atoms with Crippen LogP contribution in [-0.4, -0.2) is 111 Å². The molecule has 0 bridgehead atoms. The number of ether oxygens (including phenoxy) is 3. The van der Waals surface area contributed by atoms with Crippen LogP contribution in [0, 0.1) is 13.8 Å². The van der Waals surface area contributed by atoms with E-state index in [1.54, 1.807) is 26.0 Å². The maximum Gasteiger partial charge on any atom is 0.490 e. The Morgan fingerprint density at radius 3 is 2.29 bits per heavy atom. The first-order valence-electron chi connectivity index (χ1n) is 14.5. The number of hydrogen-bond acceptors (Lipinski definition) is 10. The number of likely N-dealkylation sites (N-methyl/N-ethyl adjacent to an activating group) is 1. The Labute approximate surface area is 260 Å². The van der Waals surface area contributed by atoms with E-state index in [9.17, 15) is 31.2 Å². The number of likely N-dealkylation sites (tertiary alicyclic amines) is 1. The van der Waals surface area contributed by atoms with Crippen LogP contribution in [0.5, 0.6) is 5.75 Å². The molecule has 1 aliphatic carbocycles. The van der Waals surface area contributed by atoms with Gasteiger partial charge in [0.25, 0.3) is 5.91 Å². The van der Waals surface area contributed by atoms with Crippen molar-refractivity contribution >= 4 is 21.9 Å². The summed E-state index contributed by atoms with van der Waals surface area (Å²) in [6.07, 6.45) is -2.86. The van der Waals surface area contributed by atoms with Gasteiger partial charge in [0.15, 0.2) is 5.69 Å². The average molecular weight is 661 g/mol. The summed E-state index contributed by atoms with van der Waals surface area (Å²) in [5.74, 6) is -2.28. The van der Waals surface area contributed by atoms with Crippen molar-refractivity contribution in [1.29, 1.82) is 0 Å². The molecule has 0 spiro atoms. The van der Waals surface area contributed by atoms with Crippen LogP contribution in [0.4, 0.5) is 13.2 Å². The highest BCUT2D eigenvalue weighted by Crippen LogP contribution is 2.37. The summed E-state index contributed by atoms with van der Waals surface area (Å²) in [4.78, 5) is 32.6. The lowest BCUT2D eigenvalue weighted by molar-refractivity contribution is -0.222. The van der Waals surface area contributed by atoms with Crippen molar-refractivity contribution in [2.75, 3.05) is 54.1 Å². The third-order valence-corrected chi connectivity index (χ3v) is 10.0. The van der Waals surface area contributed by atoms with E-state index in [1.165, 1.54) is 16.3 Å². The summed E-state index contributed by atoms with van der Waals surface area (Å²) in [5, 5.41) is 0. The highest BCUT2D eigenvalue weighted by molar-refractivity contribution is 7.89. The van der Waals surface area contributed by atoms with Crippen LogP contribution in [0.2, 0.25) is 0 Å². The normalized spacial score (nSPS) is 17.2. The van der Waals surface area contributed by atoms with Gasteiger partial charge < -0.3 is 28.4 Å². The minimum Gasteiger partial charge on any atom is -0.497 e. The van der Waals surface area contributed by atoms with Crippen LogP contribution in [0.3, 0.4) is 0 Å². The molecule has 2 aliphatic rings. The number of piperidine rings is 1. The number of aryl methyl sites for hydroxylation is 2. The first-order valence-corrected chi connectivity index (χ1v) is 15.9. The fraction of sp³-hybridized carbons (Fsp3) is 0.621. The Bertz CT molecular complexity index is 1460. The van der Waals surface area contributed by atoms with Crippen molar-refractivity contribution < 1.29 is 49.8 Å². The maximum absolute atomic E-state index is 13.8. The third kappa shape index (κ3) is 8.34. The van der Waals surface area contributed by atoms with E-state index in [0.717, 1.165) is 6.26 Å². The fourth-order valence-corrected chi connectivity index (χ4v) is 7.31. The predicted molar refractivity (Wildman–Crippen MR) is 154 cm³/mol. The number of amides is 1. The highest BCUT2D eigenvalue weighted by atomic mass is 32.2. The van der Waals surface area contributed by atoms with Gasteiger partial charge in [0.2, 0.25) is 15.9 Å². The molecule has 1 saturated carbocycles. The SMILES string of the molecule is COc1cc(C)c(S(=O)(=O)N(Cc2nc(C(=O)N3CCC(COCCN(C)C)(OC(=O)C(F)(F)F)CC3)co2)C2CC2)c(C)c1. The molecule has 0 unspecified atom stereocenters. The molecule has 1 amide bonds. The number of benzene rings is 1. The number of rotatable bonds is 13. The molecule has 1 aliphatic heterocycles. The number of oxazole rings is 1. The summed E-state index contributed by atoms with van der Waals surface area (Å²) in [6, 6.07) is 3.07. The van der Waals surface area contributed by atoms with Crippen LogP contribution >= 0.6 is 0 Å². The van der Waals surface area contributed by atoms with Gasteiger partial charge in [-0.2, -0.15) is 17.5 Å². The molecule has 2 aromatic rings. The molecule has 16 heteroatoms. The molecule has 2 fully saturated rings. The highest BCUT2D eigenvalue weighted by Gasteiger charge is 2.48. The number of nitrogens with zero attached hydrogens (tertiary/aromatic N) is 4. The molecule has 0 N–H and O–H groups in total. The van der Waals surface area contributed by atoms with Gasteiger partial charge in [0, 0.05) is 38.5 Å². The number of esters is 1. The van der Waals surface area contributed by atoms with Crippen molar-refractivity contribution in [2.24, 2.45) is 0 Å². The first kappa shape index (κ1) is 34.7. The quantitative estimate of drug-likeness (QED) is 0.233. The van der Waals surface area contributed by atoms with Gasteiger partial charge in [-0.25, -0.2) is 18.2 Å². The summed E-state index contributed by atoms with van der Waals surface area (Å²) in [6.45, 7) is 3.63. The lowest BCUT2D eigenvalue weighted by Gasteiger charge is -2.40. The number of aromatic nitrogens is 1. The molecule has 2 heterocycles. The Morgan fingerprint density at radius 1 is 1.13 bits per heavy atom. The van der Waals surface area contributed by atoms with Gasteiger partial charge in [-0.3, -0.25) is 4.79 Å². The molecule has 0 atom stereocenters. The number of methoxy groups -OCH3 is 1. The molecular weight excluding hydrogens is 621 g/mol. The Morgan fingerprint density at radius 2 is 1.76 bits per heavy atom. The van der Waals surface area contributed by atoms with E-state index in [4.69, 9.17) is 18.6 Å². The molecule has 250 valence electrons. The Balaban J connectivity index is 1.45. The standard InChI is InChI=1S/C29H39F3N4O8S/c1-19-14-22(41-5)15-20(2)25(19)45(39,40)36(21-6-7-21)16-24-33-23(17-43-24)26(37)35-10-8-28(9-11-35,18-42-13-12-34(3)4)44-27(38)29(30,31)32/h14-15,17,21H,6-13,16,18H2,1-5H3. The number of carbonyl (C=O) groups excluding carboxylic acids is 2. The van der Waals surface area contributed by atoms with Gasteiger partial charge >= 0.3 is 12.1 Å². The van der Waals surface area contributed by atoms with Crippen LogP contribution in [0.1, 0.15) is 53.2 Å². The van der Waals surface area contributed by atoms with E-state index in [1.807, 2.05) is 19.0 Å². The molecule has 45 heavy (non-hydrogen) atoms. The molecule has 1 saturated heterocycles. The number of alkyl halides is 3. The minimum absolute atomic E-state index is 0.0254. The predicted octanol–water partition coefficient (Wildman–Crippen LogP) is 3.31. The first-order chi connectivity index (χ1) is 21.1. The van der Waals surface area contributed by atoms with Crippen LogP contribution < -0.4 is 4.74 Å². The Hall–Kier alpha value is -3.21. The van der Waals surface area contributed by atoms with Crippen molar-refractivity contribution in [3.8, 4) is 5.75 Å². The van der Waals surface area contributed by atoms with E-state index in [0.29, 0.717) is 36.3 Å². The largest absolute Gasteiger partial charge is 0.497 e. The minimum atomic E-state index is -5.17. The van der Waals surface area contributed by atoms with Crippen LogP contribution in [0.25, 0.3) is 0 Å². The second-order valence-electron chi connectivity index (χ2n) is 11.7. The summed E-state index contributed by atoms with van der Waals surface area (Å²) >= 11 is 0. The van der Waals surface area contributed by atoms with Crippen molar-refractivity contribution in [3.05, 3.63) is 41.1 Å². The van der Waals surface area contributed by atoms with Gasteiger partial charge in [-0.15, -0.1) is 0 Å². The second kappa shape index (κ2) is 13.6. The average Bonchev–Trinajstić information content (AvgIpc) is 3.69. The zero-order chi connectivity index (χ0) is 33.2. The molecule has 1 aromatic heterocycles. The van der Waals surface area contributed by atoms with Gasteiger partial charge in [0.05, 0.1) is 31.8 Å². The van der Waals surface area contributed by atoms with E-state index in [-0.39, 0.29) is 68.2 Å². The smallest absolute Gasteiger partial charge is 0.490 e. The van der Waals surface area contributed by atoms with Crippen LogP contribution in [-0.2, 0) is 30.8 Å². The molecule has 1 aromatic carbocycles. The second-order valence-corrected chi connectivity index (χ2v) is 13.5. The van der Waals surface area contributed by atoms with Crippen LogP contribution in [0.15, 0.2) is 27.7 Å². The Kier molecular flexibility index (Phi) is 10.5. The lowest BCUT2D eigenvalue weighted by atomic mass is 9.91. The molecule has 12 nitrogen and oxygen atoms in total. The number of carbonyl (C=O) groups is 2. The number of halogens is 3. The topological polar surface area (TPSA) is 132 Å². The van der Waals surface area contributed by atoms with E-state index >= 15 is 0 Å². The number of sulfonamides is 1. The van der Waals surface area contributed by atoms with E-state index in [2.05, 4.69) is 4.98 Å². The number of hydrogen-bond donors (Lipinski definition) is 0.